The second-order valence-corrected chi connectivity index (χ2v) is 4.47. The highest BCUT2D eigenvalue weighted by Crippen LogP contribution is 2.39. The second kappa shape index (κ2) is 4.09. The third-order valence-electron chi connectivity index (χ3n) is 3.26. The molecule has 0 amide bonds. The summed E-state index contributed by atoms with van der Waals surface area (Å²) < 4.78 is 10.8. The van der Waals surface area contributed by atoms with E-state index in [1.54, 1.807) is 6.07 Å². The summed E-state index contributed by atoms with van der Waals surface area (Å²) in [5.41, 5.74) is 1.22. The van der Waals surface area contributed by atoms with Gasteiger partial charge in [-0.2, -0.15) is 0 Å². The van der Waals surface area contributed by atoms with Crippen LogP contribution in [-0.2, 0) is 0 Å². The molecule has 3 aromatic rings. The van der Waals surface area contributed by atoms with Crippen molar-refractivity contribution in [2.75, 3.05) is 6.79 Å². The Morgan fingerprint density at radius 3 is 2.90 bits per heavy atom. The molecule has 0 atom stereocenters. The monoisotopic (exact) mass is 266 g/mol. The molecule has 0 saturated heterocycles. The zero-order valence-electron chi connectivity index (χ0n) is 10.4. The standard InChI is InChI=1S/C15H10N2O3/c18-15-9-4-1-2-6-11(9)16-14(17-15)10-5-3-7-12-13(10)20-8-19-12/h1-7H,8H2,(H,16,17,18). The van der Waals surface area contributed by atoms with E-state index in [2.05, 4.69) is 9.97 Å². The van der Waals surface area contributed by atoms with Crippen molar-refractivity contribution in [1.29, 1.82) is 0 Å². The molecule has 0 radical (unpaired) electrons. The van der Waals surface area contributed by atoms with E-state index in [9.17, 15) is 4.79 Å². The lowest BCUT2D eigenvalue weighted by molar-refractivity contribution is 0.174. The molecule has 4 rings (SSSR count). The van der Waals surface area contributed by atoms with Crippen LogP contribution in [0.25, 0.3) is 22.3 Å². The van der Waals surface area contributed by atoms with Gasteiger partial charge in [-0.05, 0) is 24.3 Å². The molecular weight excluding hydrogens is 256 g/mol. The van der Waals surface area contributed by atoms with Crippen LogP contribution in [0.3, 0.4) is 0 Å². The predicted molar refractivity (Wildman–Crippen MR) is 73.9 cm³/mol. The Labute approximate surface area is 113 Å². The normalized spacial score (nSPS) is 12.8. The minimum atomic E-state index is -0.165. The van der Waals surface area contributed by atoms with Gasteiger partial charge in [0.25, 0.3) is 5.56 Å². The highest BCUT2D eigenvalue weighted by molar-refractivity contribution is 5.80. The van der Waals surface area contributed by atoms with Crippen molar-refractivity contribution in [3.63, 3.8) is 0 Å². The van der Waals surface area contributed by atoms with Crippen LogP contribution in [0.15, 0.2) is 47.3 Å². The van der Waals surface area contributed by atoms with Gasteiger partial charge in [0.1, 0.15) is 5.82 Å². The molecule has 5 nitrogen and oxygen atoms in total. The van der Waals surface area contributed by atoms with Crippen LogP contribution in [0.2, 0.25) is 0 Å². The number of rotatable bonds is 1. The lowest BCUT2D eigenvalue weighted by atomic mass is 10.1. The fourth-order valence-electron chi connectivity index (χ4n) is 2.33. The van der Waals surface area contributed by atoms with Crippen molar-refractivity contribution in [2.24, 2.45) is 0 Å². The predicted octanol–water partition coefficient (Wildman–Crippen LogP) is 2.32. The molecule has 98 valence electrons. The molecule has 2 heterocycles. The molecule has 1 aliphatic heterocycles. The maximum atomic E-state index is 12.1. The van der Waals surface area contributed by atoms with Crippen LogP contribution in [0.5, 0.6) is 11.5 Å². The number of aromatic amines is 1. The van der Waals surface area contributed by atoms with Gasteiger partial charge in [0, 0.05) is 0 Å². The van der Waals surface area contributed by atoms with Gasteiger partial charge < -0.3 is 14.5 Å². The van der Waals surface area contributed by atoms with Crippen molar-refractivity contribution in [3.05, 3.63) is 52.8 Å². The van der Waals surface area contributed by atoms with Crippen LogP contribution in [0.1, 0.15) is 0 Å². The van der Waals surface area contributed by atoms with E-state index in [0.717, 1.165) is 5.56 Å². The van der Waals surface area contributed by atoms with Gasteiger partial charge in [-0.1, -0.05) is 18.2 Å². The quantitative estimate of drug-likeness (QED) is 0.734. The average Bonchev–Trinajstić information content (AvgIpc) is 2.95. The Bertz CT molecular complexity index is 870. The number of para-hydroxylation sites is 2. The number of ether oxygens (including phenoxy) is 2. The molecule has 0 bridgehead atoms. The van der Waals surface area contributed by atoms with E-state index in [-0.39, 0.29) is 12.4 Å². The fourth-order valence-corrected chi connectivity index (χ4v) is 2.33. The summed E-state index contributed by atoms with van der Waals surface area (Å²) >= 11 is 0. The third kappa shape index (κ3) is 1.56. The summed E-state index contributed by atoms with van der Waals surface area (Å²) in [5, 5.41) is 0.570. The Kier molecular flexibility index (Phi) is 2.26. The van der Waals surface area contributed by atoms with Crippen LogP contribution < -0.4 is 15.0 Å². The maximum Gasteiger partial charge on any atom is 0.259 e. The summed E-state index contributed by atoms with van der Waals surface area (Å²) in [7, 11) is 0. The summed E-state index contributed by atoms with van der Waals surface area (Å²) in [6.45, 7) is 0.185. The first-order valence-corrected chi connectivity index (χ1v) is 6.21. The van der Waals surface area contributed by atoms with E-state index in [0.29, 0.717) is 28.2 Å². The Hall–Kier alpha value is -2.82. The third-order valence-corrected chi connectivity index (χ3v) is 3.26. The van der Waals surface area contributed by atoms with E-state index >= 15 is 0 Å². The second-order valence-electron chi connectivity index (χ2n) is 4.47. The highest BCUT2D eigenvalue weighted by atomic mass is 16.7. The van der Waals surface area contributed by atoms with Crippen molar-refractivity contribution in [3.8, 4) is 22.9 Å². The molecule has 0 spiro atoms. The average molecular weight is 266 g/mol. The van der Waals surface area contributed by atoms with Gasteiger partial charge in [0.2, 0.25) is 6.79 Å². The maximum absolute atomic E-state index is 12.1. The number of hydrogen-bond acceptors (Lipinski definition) is 4. The van der Waals surface area contributed by atoms with Crippen molar-refractivity contribution in [2.45, 2.75) is 0 Å². The van der Waals surface area contributed by atoms with Crippen LogP contribution in [0.4, 0.5) is 0 Å². The van der Waals surface area contributed by atoms with Crippen molar-refractivity contribution in [1.82, 2.24) is 9.97 Å². The number of hydrogen-bond donors (Lipinski definition) is 1. The van der Waals surface area contributed by atoms with E-state index in [1.165, 1.54) is 0 Å². The largest absolute Gasteiger partial charge is 0.454 e. The molecular formula is C15H10N2O3. The summed E-state index contributed by atoms with van der Waals surface area (Å²) in [5.74, 6) is 1.76. The van der Waals surface area contributed by atoms with Gasteiger partial charge in [0.05, 0.1) is 16.5 Å². The molecule has 0 saturated carbocycles. The lowest BCUT2D eigenvalue weighted by Crippen LogP contribution is -2.09. The number of H-pyrrole nitrogens is 1. The lowest BCUT2D eigenvalue weighted by Gasteiger charge is -2.06. The molecule has 1 aliphatic rings. The molecule has 2 aromatic carbocycles. The summed E-state index contributed by atoms with van der Waals surface area (Å²) in [6.07, 6.45) is 0. The Morgan fingerprint density at radius 1 is 1.05 bits per heavy atom. The molecule has 0 aliphatic carbocycles. The van der Waals surface area contributed by atoms with E-state index in [4.69, 9.17) is 9.47 Å². The fraction of sp³-hybridized carbons (Fsp3) is 0.0667. The SMILES string of the molecule is O=c1[nH]c(-c2cccc3c2OCO3)nc2ccccc12. The number of fused-ring (bicyclic) bond motifs is 2. The summed E-state index contributed by atoms with van der Waals surface area (Å²) in [4.78, 5) is 19.4. The van der Waals surface area contributed by atoms with E-state index in [1.807, 2.05) is 36.4 Å². The number of benzene rings is 2. The molecule has 20 heavy (non-hydrogen) atoms. The van der Waals surface area contributed by atoms with Crippen molar-refractivity contribution < 1.29 is 9.47 Å². The first kappa shape index (κ1) is 11.0. The van der Waals surface area contributed by atoms with Gasteiger partial charge >= 0.3 is 0 Å². The van der Waals surface area contributed by atoms with Gasteiger partial charge in [-0.25, -0.2) is 4.98 Å². The number of aromatic nitrogens is 2. The van der Waals surface area contributed by atoms with Gasteiger partial charge in [0.15, 0.2) is 11.5 Å². The minimum absolute atomic E-state index is 0.165. The number of nitrogens with zero attached hydrogens (tertiary/aromatic N) is 1. The van der Waals surface area contributed by atoms with Crippen molar-refractivity contribution >= 4 is 10.9 Å². The van der Waals surface area contributed by atoms with E-state index < -0.39 is 0 Å². The highest BCUT2D eigenvalue weighted by Gasteiger charge is 2.20. The number of nitrogens with one attached hydrogen (secondary N) is 1. The molecule has 0 fully saturated rings. The molecule has 5 heteroatoms. The minimum Gasteiger partial charge on any atom is -0.454 e. The topological polar surface area (TPSA) is 64.2 Å². The zero-order valence-corrected chi connectivity index (χ0v) is 10.4. The Balaban J connectivity index is 2.00. The molecule has 1 aromatic heterocycles. The first-order valence-electron chi connectivity index (χ1n) is 6.21. The molecule has 1 N–H and O–H groups in total. The zero-order chi connectivity index (χ0) is 13.5. The Morgan fingerprint density at radius 2 is 1.95 bits per heavy atom. The van der Waals surface area contributed by atoms with Gasteiger partial charge in [-0.3, -0.25) is 4.79 Å². The first-order chi connectivity index (χ1) is 9.83. The van der Waals surface area contributed by atoms with Crippen LogP contribution >= 0.6 is 0 Å². The van der Waals surface area contributed by atoms with Gasteiger partial charge in [-0.15, -0.1) is 0 Å². The smallest absolute Gasteiger partial charge is 0.259 e. The molecule has 0 unspecified atom stereocenters. The van der Waals surface area contributed by atoms with Crippen LogP contribution in [0, 0.1) is 0 Å². The summed E-state index contributed by atoms with van der Waals surface area (Å²) in [6, 6.07) is 12.8. The van der Waals surface area contributed by atoms with Crippen LogP contribution in [-0.4, -0.2) is 16.8 Å².